The summed E-state index contributed by atoms with van der Waals surface area (Å²) in [5.41, 5.74) is 5.31. The maximum absolute atomic E-state index is 11.7. The van der Waals surface area contributed by atoms with Crippen molar-refractivity contribution in [2.75, 3.05) is 6.54 Å². The molecule has 14 heavy (non-hydrogen) atoms. The fourth-order valence-electron chi connectivity index (χ4n) is 1.65. The van der Waals surface area contributed by atoms with E-state index in [0.717, 1.165) is 12.5 Å². The maximum Gasteiger partial charge on any atom is 0.240 e. The number of hydrogen-bond acceptors (Lipinski definition) is 2. The van der Waals surface area contributed by atoms with Crippen LogP contribution in [0.1, 0.15) is 40.0 Å². The van der Waals surface area contributed by atoms with Crippen molar-refractivity contribution in [3.05, 3.63) is 0 Å². The summed E-state index contributed by atoms with van der Waals surface area (Å²) in [4.78, 5) is 11.7. The van der Waals surface area contributed by atoms with Crippen LogP contribution in [0.15, 0.2) is 0 Å². The normalized spacial score (nSPS) is 26.0. The van der Waals surface area contributed by atoms with Crippen LogP contribution in [-0.2, 0) is 4.79 Å². The van der Waals surface area contributed by atoms with Crippen molar-refractivity contribution in [1.82, 2.24) is 5.32 Å². The molecule has 0 aliphatic heterocycles. The Hall–Kier alpha value is -0.570. The Morgan fingerprint density at radius 3 is 2.36 bits per heavy atom. The molecule has 3 N–H and O–H groups in total. The molecule has 0 aromatic rings. The summed E-state index contributed by atoms with van der Waals surface area (Å²) < 4.78 is 0. The van der Waals surface area contributed by atoms with E-state index in [-0.39, 0.29) is 5.91 Å². The van der Waals surface area contributed by atoms with E-state index >= 15 is 0 Å². The second-order valence-electron chi connectivity index (χ2n) is 4.55. The number of carbonyl (C=O) groups excluding carboxylic acids is 1. The predicted molar refractivity (Wildman–Crippen MR) is 57.8 cm³/mol. The van der Waals surface area contributed by atoms with E-state index in [0.29, 0.717) is 18.8 Å². The standard InChI is InChI=1S/C11H22N2O/c1-4-11(12,5-2)10(14)13-7-9-6-8(9)3/h8-9H,4-7,12H2,1-3H3,(H,13,14). The quantitative estimate of drug-likeness (QED) is 0.699. The van der Waals surface area contributed by atoms with E-state index in [4.69, 9.17) is 5.73 Å². The third-order valence-electron chi connectivity index (χ3n) is 3.51. The number of nitrogens with two attached hydrogens (primary N) is 1. The molecule has 1 fully saturated rings. The van der Waals surface area contributed by atoms with Crippen molar-refractivity contribution in [2.45, 2.75) is 45.6 Å². The van der Waals surface area contributed by atoms with Gasteiger partial charge in [-0.3, -0.25) is 4.79 Å². The smallest absolute Gasteiger partial charge is 0.240 e. The summed E-state index contributed by atoms with van der Waals surface area (Å²) in [5.74, 6) is 1.49. The lowest BCUT2D eigenvalue weighted by molar-refractivity contribution is -0.126. The van der Waals surface area contributed by atoms with Gasteiger partial charge in [-0.15, -0.1) is 0 Å². The lowest BCUT2D eigenvalue weighted by Crippen LogP contribution is -2.53. The maximum atomic E-state index is 11.7. The van der Waals surface area contributed by atoms with E-state index in [9.17, 15) is 4.79 Å². The zero-order valence-corrected chi connectivity index (χ0v) is 9.47. The average molecular weight is 198 g/mol. The Morgan fingerprint density at radius 1 is 1.50 bits per heavy atom. The lowest BCUT2D eigenvalue weighted by Gasteiger charge is -2.25. The van der Waals surface area contributed by atoms with E-state index < -0.39 is 5.54 Å². The van der Waals surface area contributed by atoms with Gasteiger partial charge in [-0.2, -0.15) is 0 Å². The molecule has 0 aromatic heterocycles. The molecule has 3 nitrogen and oxygen atoms in total. The van der Waals surface area contributed by atoms with E-state index in [1.165, 1.54) is 6.42 Å². The van der Waals surface area contributed by atoms with Crippen LogP contribution in [-0.4, -0.2) is 18.0 Å². The molecular formula is C11H22N2O. The molecule has 82 valence electrons. The highest BCUT2D eigenvalue weighted by Crippen LogP contribution is 2.36. The molecule has 1 aliphatic rings. The van der Waals surface area contributed by atoms with E-state index in [2.05, 4.69) is 12.2 Å². The summed E-state index contributed by atoms with van der Waals surface area (Å²) >= 11 is 0. The first-order valence-corrected chi connectivity index (χ1v) is 5.60. The Morgan fingerprint density at radius 2 is 2.00 bits per heavy atom. The second kappa shape index (κ2) is 4.30. The Balaban J connectivity index is 2.32. The van der Waals surface area contributed by atoms with Crippen LogP contribution in [0.25, 0.3) is 0 Å². The third-order valence-corrected chi connectivity index (χ3v) is 3.51. The first kappa shape index (κ1) is 11.5. The van der Waals surface area contributed by atoms with Gasteiger partial charge in [0, 0.05) is 6.54 Å². The number of carbonyl (C=O) groups is 1. The molecule has 0 radical (unpaired) electrons. The van der Waals surface area contributed by atoms with Gasteiger partial charge in [-0.05, 0) is 31.1 Å². The van der Waals surface area contributed by atoms with Crippen molar-refractivity contribution in [3.8, 4) is 0 Å². The highest BCUT2D eigenvalue weighted by Gasteiger charge is 2.35. The number of hydrogen-bond donors (Lipinski definition) is 2. The molecule has 0 saturated heterocycles. The molecule has 0 heterocycles. The van der Waals surface area contributed by atoms with E-state index in [1.807, 2.05) is 13.8 Å². The Kier molecular flexibility index (Phi) is 3.53. The van der Waals surface area contributed by atoms with Crippen molar-refractivity contribution in [2.24, 2.45) is 17.6 Å². The SMILES string of the molecule is CCC(N)(CC)C(=O)NCC1CC1C. The fraction of sp³-hybridized carbons (Fsp3) is 0.909. The molecule has 0 bridgehead atoms. The molecule has 1 rings (SSSR count). The zero-order valence-electron chi connectivity index (χ0n) is 9.47. The van der Waals surface area contributed by atoms with Gasteiger partial charge in [0.15, 0.2) is 0 Å². The highest BCUT2D eigenvalue weighted by atomic mass is 16.2. The summed E-state index contributed by atoms with van der Waals surface area (Å²) in [6.45, 7) is 6.94. The monoisotopic (exact) mass is 198 g/mol. The molecule has 1 saturated carbocycles. The minimum absolute atomic E-state index is 0.0154. The van der Waals surface area contributed by atoms with Gasteiger partial charge in [-0.25, -0.2) is 0 Å². The van der Waals surface area contributed by atoms with Crippen molar-refractivity contribution in [1.29, 1.82) is 0 Å². The molecule has 1 amide bonds. The summed E-state index contributed by atoms with van der Waals surface area (Å²) in [6, 6.07) is 0. The van der Waals surface area contributed by atoms with Gasteiger partial charge in [0.25, 0.3) is 0 Å². The van der Waals surface area contributed by atoms with Crippen LogP contribution < -0.4 is 11.1 Å². The van der Waals surface area contributed by atoms with Crippen LogP contribution in [0.4, 0.5) is 0 Å². The molecule has 1 aliphatic carbocycles. The number of rotatable bonds is 5. The predicted octanol–water partition coefficient (Wildman–Crippen LogP) is 1.28. The zero-order chi connectivity index (χ0) is 10.8. The minimum atomic E-state index is -0.655. The third kappa shape index (κ3) is 2.47. The molecule has 0 aromatic carbocycles. The lowest BCUT2D eigenvalue weighted by atomic mass is 9.93. The van der Waals surface area contributed by atoms with Gasteiger partial charge in [0.05, 0.1) is 5.54 Å². The van der Waals surface area contributed by atoms with Crippen LogP contribution in [0.2, 0.25) is 0 Å². The molecule has 0 spiro atoms. The molecule has 2 atom stereocenters. The van der Waals surface area contributed by atoms with Gasteiger partial charge in [-0.1, -0.05) is 20.8 Å². The van der Waals surface area contributed by atoms with Crippen LogP contribution >= 0.6 is 0 Å². The molecule has 2 unspecified atom stereocenters. The Labute approximate surface area is 86.4 Å². The van der Waals surface area contributed by atoms with Crippen LogP contribution in [0.3, 0.4) is 0 Å². The number of nitrogens with one attached hydrogen (secondary N) is 1. The molecule has 3 heteroatoms. The van der Waals surface area contributed by atoms with Crippen molar-refractivity contribution in [3.63, 3.8) is 0 Å². The van der Waals surface area contributed by atoms with Crippen molar-refractivity contribution >= 4 is 5.91 Å². The summed E-state index contributed by atoms with van der Waals surface area (Å²) in [6.07, 6.45) is 2.65. The summed E-state index contributed by atoms with van der Waals surface area (Å²) in [7, 11) is 0. The number of amides is 1. The highest BCUT2D eigenvalue weighted by molar-refractivity contribution is 5.85. The first-order valence-electron chi connectivity index (χ1n) is 5.60. The van der Waals surface area contributed by atoms with Crippen LogP contribution in [0, 0.1) is 11.8 Å². The van der Waals surface area contributed by atoms with Gasteiger partial charge in [0.1, 0.15) is 0 Å². The van der Waals surface area contributed by atoms with Gasteiger partial charge >= 0.3 is 0 Å². The largest absolute Gasteiger partial charge is 0.354 e. The average Bonchev–Trinajstić information content (AvgIpc) is 2.89. The van der Waals surface area contributed by atoms with Crippen LogP contribution in [0.5, 0.6) is 0 Å². The second-order valence-corrected chi connectivity index (χ2v) is 4.55. The van der Waals surface area contributed by atoms with Crippen molar-refractivity contribution < 1.29 is 4.79 Å². The van der Waals surface area contributed by atoms with Gasteiger partial charge in [0.2, 0.25) is 5.91 Å². The topological polar surface area (TPSA) is 55.1 Å². The van der Waals surface area contributed by atoms with Gasteiger partial charge < -0.3 is 11.1 Å². The molecular weight excluding hydrogens is 176 g/mol. The summed E-state index contributed by atoms with van der Waals surface area (Å²) in [5, 5.41) is 2.95. The Bertz CT molecular complexity index is 211. The first-order chi connectivity index (χ1) is 6.53. The fourth-order valence-corrected chi connectivity index (χ4v) is 1.65. The minimum Gasteiger partial charge on any atom is -0.354 e. The van der Waals surface area contributed by atoms with E-state index in [1.54, 1.807) is 0 Å².